The van der Waals surface area contributed by atoms with Gasteiger partial charge in [-0.05, 0) is 86.0 Å². The summed E-state index contributed by atoms with van der Waals surface area (Å²) in [6.45, 7) is 4.33. The van der Waals surface area contributed by atoms with Gasteiger partial charge in [0.15, 0.2) is 0 Å². The van der Waals surface area contributed by atoms with Crippen molar-refractivity contribution in [1.82, 2.24) is 4.90 Å². The largest absolute Gasteiger partial charge is 0.462 e. The van der Waals surface area contributed by atoms with Gasteiger partial charge in [-0.1, -0.05) is 26.0 Å². The van der Waals surface area contributed by atoms with Gasteiger partial charge in [0.1, 0.15) is 0 Å². The maximum Gasteiger partial charge on any atom is 0.338 e. The highest BCUT2D eigenvalue weighted by Crippen LogP contribution is 2.65. The van der Waals surface area contributed by atoms with E-state index in [1.165, 1.54) is 6.42 Å². The standard InChI is InChI=1S/C29H34N2O5/c1-15(2)14-36-29(35)17-3-7-18(8-4-17)30-26(32)16-5-9-19(10-6-16)31-27(33)24-20-11-12-21(23-13-22(20)23)25(24)28(31)34/h3-4,7-8,11-12,15-16,19-25H,5-6,9-10,13-14H2,1-2H3,(H,30,32)/t16?,19?,20-,21-,22-,23+,24+,25+/m0/s1. The van der Waals surface area contributed by atoms with Crippen molar-refractivity contribution in [2.24, 2.45) is 47.3 Å². The number of esters is 1. The lowest BCUT2D eigenvalue weighted by molar-refractivity contribution is -0.144. The number of likely N-dealkylation sites (tertiary alicyclic amines) is 1. The normalized spacial score (nSPS) is 36.0. The molecule has 6 aliphatic rings. The number of allylic oxidation sites excluding steroid dienone is 2. The molecule has 0 unspecified atom stereocenters. The van der Waals surface area contributed by atoms with E-state index < -0.39 is 0 Å². The van der Waals surface area contributed by atoms with E-state index >= 15 is 0 Å². The lowest BCUT2D eigenvalue weighted by atomic mass is 9.63. The maximum absolute atomic E-state index is 13.4. The van der Waals surface area contributed by atoms with E-state index in [0.717, 1.165) is 0 Å². The predicted octanol–water partition coefficient (Wildman–Crippen LogP) is 4.05. The van der Waals surface area contributed by atoms with E-state index in [4.69, 9.17) is 4.74 Å². The Morgan fingerprint density at radius 3 is 2.08 bits per heavy atom. The predicted molar refractivity (Wildman–Crippen MR) is 132 cm³/mol. The second-order valence-electron chi connectivity index (χ2n) is 11.8. The molecule has 7 heteroatoms. The molecule has 3 amide bonds. The Morgan fingerprint density at radius 2 is 1.53 bits per heavy atom. The molecule has 3 saturated carbocycles. The third-order valence-electron chi connectivity index (χ3n) is 9.07. The van der Waals surface area contributed by atoms with Gasteiger partial charge in [-0.2, -0.15) is 0 Å². The molecule has 6 atom stereocenters. The van der Waals surface area contributed by atoms with E-state index in [1.54, 1.807) is 29.2 Å². The highest BCUT2D eigenvalue weighted by molar-refractivity contribution is 6.06. The Morgan fingerprint density at radius 1 is 0.944 bits per heavy atom. The van der Waals surface area contributed by atoms with Gasteiger partial charge in [0.2, 0.25) is 17.7 Å². The first-order valence-corrected chi connectivity index (χ1v) is 13.5. The zero-order valence-electron chi connectivity index (χ0n) is 20.9. The number of carbonyl (C=O) groups is 4. The molecule has 5 aliphatic carbocycles. The first kappa shape index (κ1) is 23.4. The van der Waals surface area contributed by atoms with Gasteiger partial charge >= 0.3 is 5.97 Å². The van der Waals surface area contributed by atoms with Crippen LogP contribution in [0.3, 0.4) is 0 Å². The van der Waals surface area contributed by atoms with Crippen LogP contribution in [-0.4, -0.2) is 41.2 Å². The number of hydrogen-bond donors (Lipinski definition) is 1. The van der Waals surface area contributed by atoms with Crippen LogP contribution in [0.2, 0.25) is 0 Å². The van der Waals surface area contributed by atoms with Gasteiger partial charge in [-0.15, -0.1) is 0 Å². The van der Waals surface area contributed by atoms with Crippen LogP contribution in [0, 0.1) is 47.3 Å². The molecule has 1 heterocycles. The minimum absolute atomic E-state index is 0.0367. The SMILES string of the molecule is CC(C)COC(=O)c1ccc(NC(=O)C2CCC(N3C(=O)[C@@H]4[C@H]5C=C[C@@H]([C@@H]6C[C@H]56)[C@H]4C3=O)CC2)cc1. The van der Waals surface area contributed by atoms with Crippen molar-refractivity contribution in [2.45, 2.75) is 52.0 Å². The van der Waals surface area contributed by atoms with Crippen LogP contribution >= 0.6 is 0 Å². The summed E-state index contributed by atoms with van der Waals surface area (Å²) >= 11 is 0. The number of hydrogen-bond acceptors (Lipinski definition) is 5. The van der Waals surface area contributed by atoms with Crippen molar-refractivity contribution >= 4 is 29.4 Å². The Kier molecular flexibility index (Phi) is 5.77. The molecule has 7 nitrogen and oxygen atoms in total. The minimum Gasteiger partial charge on any atom is -0.462 e. The van der Waals surface area contributed by atoms with Crippen LogP contribution in [0.15, 0.2) is 36.4 Å². The molecule has 1 aromatic carbocycles. The number of benzene rings is 1. The summed E-state index contributed by atoms with van der Waals surface area (Å²) in [6.07, 6.45) is 8.23. The highest BCUT2D eigenvalue weighted by Gasteiger charge is 2.67. The van der Waals surface area contributed by atoms with E-state index in [9.17, 15) is 19.2 Å². The van der Waals surface area contributed by atoms with Crippen molar-refractivity contribution < 1.29 is 23.9 Å². The van der Waals surface area contributed by atoms with E-state index in [-0.39, 0.29) is 65.2 Å². The molecular weight excluding hydrogens is 456 g/mol. The lowest BCUT2D eigenvalue weighted by Gasteiger charge is -2.37. The summed E-state index contributed by atoms with van der Waals surface area (Å²) < 4.78 is 5.24. The fraction of sp³-hybridized carbons (Fsp3) is 0.586. The second-order valence-corrected chi connectivity index (χ2v) is 11.8. The summed E-state index contributed by atoms with van der Waals surface area (Å²) in [5, 5.41) is 2.95. The molecule has 2 bridgehead atoms. The van der Waals surface area contributed by atoms with Crippen LogP contribution in [0.5, 0.6) is 0 Å². The van der Waals surface area contributed by atoms with Crippen LogP contribution < -0.4 is 5.32 Å². The third-order valence-corrected chi connectivity index (χ3v) is 9.07. The van der Waals surface area contributed by atoms with E-state index in [1.807, 2.05) is 13.8 Å². The smallest absolute Gasteiger partial charge is 0.338 e. The Labute approximate surface area is 211 Å². The third kappa shape index (κ3) is 3.87. The monoisotopic (exact) mass is 490 g/mol. The summed E-state index contributed by atoms with van der Waals surface area (Å²) in [5.74, 6) is 1.17. The molecule has 1 aliphatic heterocycles. The maximum atomic E-state index is 13.4. The number of carbonyl (C=O) groups excluding carboxylic acids is 4. The van der Waals surface area contributed by atoms with Gasteiger partial charge in [-0.25, -0.2) is 4.79 Å². The molecule has 0 radical (unpaired) electrons. The fourth-order valence-electron chi connectivity index (χ4n) is 7.20. The highest BCUT2D eigenvalue weighted by atomic mass is 16.5. The Hall–Kier alpha value is -2.96. The van der Waals surface area contributed by atoms with Crippen molar-refractivity contribution in [3.63, 3.8) is 0 Å². The molecule has 4 fully saturated rings. The lowest BCUT2D eigenvalue weighted by Crippen LogP contribution is -2.44. The van der Waals surface area contributed by atoms with Crippen LogP contribution in [0.4, 0.5) is 5.69 Å². The first-order valence-electron chi connectivity index (χ1n) is 13.5. The number of amides is 3. The molecular formula is C29H34N2O5. The molecule has 1 saturated heterocycles. The van der Waals surface area contributed by atoms with E-state index in [0.29, 0.717) is 55.4 Å². The summed E-state index contributed by atoms with van der Waals surface area (Å²) in [4.78, 5) is 53.3. The van der Waals surface area contributed by atoms with Crippen LogP contribution in [0.25, 0.3) is 0 Å². The number of anilines is 1. The average Bonchev–Trinajstić information content (AvgIpc) is 3.66. The quantitative estimate of drug-likeness (QED) is 0.369. The molecule has 1 aromatic rings. The first-order chi connectivity index (χ1) is 17.3. The molecule has 36 heavy (non-hydrogen) atoms. The number of nitrogens with one attached hydrogen (secondary N) is 1. The Bertz CT molecular complexity index is 1080. The van der Waals surface area contributed by atoms with Gasteiger partial charge < -0.3 is 10.1 Å². The van der Waals surface area contributed by atoms with Gasteiger partial charge in [0.05, 0.1) is 24.0 Å². The Balaban J connectivity index is 1.03. The molecule has 0 spiro atoms. The number of rotatable bonds is 6. The summed E-state index contributed by atoms with van der Waals surface area (Å²) in [7, 11) is 0. The zero-order valence-corrected chi connectivity index (χ0v) is 20.9. The minimum atomic E-state index is -0.369. The van der Waals surface area contributed by atoms with E-state index in [2.05, 4.69) is 17.5 Å². The molecule has 7 rings (SSSR count). The van der Waals surface area contributed by atoms with Crippen molar-refractivity contribution in [3.8, 4) is 0 Å². The topological polar surface area (TPSA) is 92.8 Å². The van der Waals surface area contributed by atoms with Crippen molar-refractivity contribution in [1.29, 1.82) is 0 Å². The van der Waals surface area contributed by atoms with Gasteiger partial charge in [0, 0.05) is 17.6 Å². The van der Waals surface area contributed by atoms with Crippen LogP contribution in [0.1, 0.15) is 56.3 Å². The average molecular weight is 491 g/mol. The number of imide groups is 1. The summed E-state index contributed by atoms with van der Waals surface area (Å²) in [5.41, 5.74) is 1.09. The molecule has 190 valence electrons. The number of ether oxygens (including phenoxy) is 1. The van der Waals surface area contributed by atoms with Gasteiger partial charge in [0.25, 0.3) is 0 Å². The molecule has 0 aromatic heterocycles. The molecule has 1 N–H and O–H groups in total. The van der Waals surface area contributed by atoms with Crippen molar-refractivity contribution in [3.05, 3.63) is 42.0 Å². The van der Waals surface area contributed by atoms with Crippen molar-refractivity contribution in [2.75, 3.05) is 11.9 Å². The zero-order chi connectivity index (χ0) is 25.1. The second kappa shape index (κ2) is 8.86. The fourth-order valence-corrected chi connectivity index (χ4v) is 7.20. The van der Waals surface area contributed by atoms with Crippen LogP contribution in [-0.2, 0) is 19.1 Å². The summed E-state index contributed by atoms with van der Waals surface area (Å²) in [6, 6.07) is 6.65. The van der Waals surface area contributed by atoms with Gasteiger partial charge in [-0.3, -0.25) is 19.3 Å². The number of nitrogens with zero attached hydrogens (tertiary/aromatic N) is 1.